The van der Waals surface area contributed by atoms with Crippen molar-refractivity contribution in [3.8, 4) is 16.9 Å². The molecular weight excluding hydrogens is 434 g/mol. The van der Waals surface area contributed by atoms with Crippen molar-refractivity contribution in [2.75, 3.05) is 18.1 Å². The van der Waals surface area contributed by atoms with Crippen molar-refractivity contribution >= 4 is 27.2 Å². The molecule has 0 amide bonds. The third kappa shape index (κ3) is 4.55. The number of rotatable bonds is 6. The molecule has 2 heterocycles. The van der Waals surface area contributed by atoms with Crippen molar-refractivity contribution in [1.82, 2.24) is 4.57 Å². The lowest BCUT2D eigenvalue weighted by Crippen LogP contribution is -2.16. The number of benzene rings is 2. The molecule has 1 saturated heterocycles. The Morgan fingerprint density at radius 3 is 2.48 bits per heavy atom. The van der Waals surface area contributed by atoms with E-state index in [0.717, 1.165) is 22.5 Å². The van der Waals surface area contributed by atoms with Gasteiger partial charge in [0.15, 0.2) is 16.4 Å². The van der Waals surface area contributed by atoms with Crippen LogP contribution in [0.1, 0.15) is 34.2 Å². The van der Waals surface area contributed by atoms with Crippen LogP contribution in [0.4, 0.5) is 0 Å². The van der Waals surface area contributed by atoms with Crippen molar-refractivity contribution in [3.05, 3.63) is 76.6 Å². The first-order chi connectivity index (χ1) is 14.7. The van der Waals surface area contributed by atoms with Gasteiger partial charge < -0.3 is 9.30 Å². The van der Waals surface area contributed by atoms with Crippen LogP contribution in [0.25, 0.3) is 11.1 Å². The first kappa shape index (κ1) is 21.7. The molecule has 5 nitrogen and oxygen atoms in total. The molecule has 0 radical (unpaired) electrons. The van der Waals surface area contributed by atoms with Crippen molar-refractivity contribution in [2.45, 2.75) is 26.3 Å². The fourth-order valence-electron chi connectivity index (χ4n) is 4.25. The van der Waals surface area contributed by atoms with E-state index in [-0.39, 0.29) is 29.9 Å². The highest BCUT2D eigenvalue weighted by molar-refractivity contribution is 7.91. The molecule has 1 unspecified atom stereocenters. The Balaban J connectivity index is 1.48. The molecule has 1 aliphatic rings. The molecule has 1 aliphatic heterocycles. The Morgan fingerprint density at radius 2 is 1.84 bits per heavy atom. The van der Waals surface area contributed by atoms with E-state index in [9.17, 15) is 13.2 Å². The number of halogens is 1. The zero-order valence-electron chi connectivity index (χ0n) is 17.5. The number of hydrogen-bond acceptors (Lipinski definition) is 4. The number of aryl methyl sites for hydroxylation is 1. The van der Waals surface area contributed by atoms with Gasteiger partial charge in [-0.1, -0.05) is 48.0 Å². The van der Waals surface area contributed by atoms with Gasteiger partial charge in [-0.2, -0.15) is 0 Å². The highest BCUT2D eigenvalue weighted by Gasteiger charge is 2.31. The van der Waals surface area contributed by atoms with E-state index in [1.54, 1.807) is 6.07 Å². The second kappa shape index (κ2) is 8.52. The van der Waals surface area contributed by atoms with Gasteiger partial charge in [-0.05, 0) is 49.6 Å². The van der Waals surface area contributed by atoms with Crippen LogP contribution in [0.15, 0.2) is 54.6 Å². The predicted octanol–water partition coefficient (Wildman–Crippen LogP) is 5.05. The number of ketones is 1. The molecule has 1 atom stereocenters. The van der Waals surface area contributed by atoms with Crippen LogP contribution < -0.4 is 4.74 Å². The minimum atomic E-state index is -3.01. The average Bonchev–Trinajstić information content (AvgIpc) is 3.25. The first-order valence-electron chi connectivity index (χ1n) is 10.1. The summed E-state index contributed by atoms with van der Waals surface area (Å²) in [7, 11) is -3.01. The summed E-state index contributed by atoms with van der Waals surface area (Å²) in [6.45, 7) is 3.61. The molecule has 3 aromatic rings. The molecule has 0 spiro atoms. The molecule has 0 N–H and O–H groups in total. The van der Waals surface area contributed by atoms with Gasteiger partial charge in [-0.25, -0.2) is 8.42 Å². The summed E-state index contributed by atoms with van der Waals surface area (Å²) in [4.78, 5) is 12.8. The van der Waals surface area contributed by atoms with Gasteiger partial charge >= 0.3 is 0 Å². The lowest BCUT2D eigenvalue weighted by Gasteiger charge is -2.16. The first-order valence-corrected chi connectivity index (χ1v) is 12.3. The maximum Gasteiger partial charge on any atom is 0.202 e. The van der Waals surface area contributed by atoms with Gasteiger partial charge in [0.1, 0.15) is 5.75 Å². The van der Waals surface area contributed by atoms with E-state index in [2.05, 4.69) is 0 Å². The van der Waals surface area contributed by atoms with E-state index in [0.29, 0.717) is 22.8 Å². The summed E-state index contributed by atoms with van der Waals surface area (Å²) in [5, 5.41) is 0.441. The monoisotopic (exact) mass is 457 g/mol. The molecule has 0 aliphatic carbocycles. The molecule has 4 rings (SSSR count). The van der Waals surface area contributed by atoms with Crippen molar-refractivity contribution in [2.24, 2.45) is 0 Å². The maximum atomic E-state index is 12.8. The van der Waals surface area contributed by atoms with Gasteiger partial charge in [0.2, 0.25) is 5.78 Å². The molecule has 162 valence electrons. The zero-order valence-corrected chi connectivity index (χ0v) is 19.0. The second-order valence-electron chi connectivity index (χ2n) is 7.93. The number of carbonyl (C=O) groups is 1. The number of Topliss-reactive ketones (excluding diaryl/α,β-unsaturated/α-hetero) is 1. The van der Waals surface area contributed by atoms with Gasteiger partial charge in [-0.15, -0.1) is 0 Å². The maximum absolute atomic E-state index is 12.8. The Kier molecular flexibility index (Phi) is 5.95. The Hall–Kier alpha value is -2.57. The van der Waals surface area contributed by atoms with E-state index in [4.69, 9.17) is 16.3 Å². The number of ether oxygens (including phenoxy) is 1. The summed E-state index contributed by atoms with van der Waals surface area (Å²) >= 11 is 6.38. The third-order valence-electron chi connectivity index (χ3n) is 5.76. The zero-order chi connectivity index (χ0) is 22.2. The van der Waals surface area contributed by atoms with Gasteiger partial charge in [0.05, 0.1) is 16.5 Å². The topological polar surface area (TPSA) is 65.4 Å². The Labute approximate surface area is 187 Å². The van der Waals surface area contributed by atoms with Crippen LogP contribution in [0.5, 0.6) is 5.75 Å². The number of aromatic nitrogens is 1. The summed E-state index contributed by atoms with van der Waals surface area (Å²) < 4.78 is 31.4. The normalized spacial score (nSPS) is 17.6. The van der Waals surface area contributed by atoms with Gasteiger partial charge in [0.25, 0.3) is 0 Å². The van der Waals surface area contributed by atoms with Crippen molar-refractivity contribution in [1.29, 1.82) is 0 Å². The lowest BCUT2D eigenvalue weighted by atomic mass is 10.1. The summed E-state index contributed by atoms with van der Waals surface area (Å²) in [5.41, 5.74) is 4.23. The molecule has 31 heavy (non-hydrogen) atoms. The van der Waals surface area contributed by atoms with Crippen LogP contribution in [-0.2, 0) is 9.84 Å². The SMILES string of the molecule is Cc1cc(C(=O)COc2ccc(-c3ccccc3)cc2Cl)c(C)n1C1CCS(=O)(=O)C1. The fourth-order valence-corrected chi connectivity index (χ4v) is 6.18. The van der Waals surface area contributed by atoms with Crippen molar-refractivity contribution in [3.63, 3.8) is 0 Å². The highest BCUT2D eigenvalue weighted by atomic mass is 35.5. The number of nitrogens with zero attached hydrogens (tertiary/aromatic N) is 1. The molecular formula is C24H24ClNO4S. The lowest BCUT2D eigenvalue weighted by molar-refractivity contribution is 0.0921. The minimum absolute atomic E-state index is 0.118. The average molecular weight is 458 g/mol. The summed E-state index contributed by atoms with van der Waals surface area (Å²) in [5.74, 6) is 0.601. The number of carbonyl (C=O) groups excluding carboxylic acids is 1. The summed E-state index contributed by atoms with van der Waals surface area (Å²) in [6, 6.07) is 17.1. The quantitative estimate of drug-likeness (QED) is 0.486. The summed E-state index contributed by atoms with van der Waals surface area (Å²) in [6.07, 6.45) is 0.576. The largest absolute Gasteiger partial charge is 0.484 e. The fraction of sp³-hybridized carbons (Fsp3) is 0.292. The van der Waals surface area contributed by atoms with Crippen LogP contribution in [0, 0.1) is 13.8 Å². The number of sulfone groups is 1. The standard InChI is InChI=1S/C24H24ClNO4S/c1-16-12-21(17(2)26(16)20-10-11-31(28,29)15-20)23(27)14-30-24-9-8-19(13-22(24)25)18-6-4-3-5-7-18/h3-9,12-13,20H,10-11,14-15H2,1-2H3. The van der Waals surface area contributed by atoms with Crippen LogP contribution >= 0.6 is 11.6 Å². The molecule has 7 heteroatoms. The predicted molar refractivity (Wildman–Crippen MR) is 123 cm³/mol. The van der Waals surface area contributed by atoms with Gasteiger partial charge in [0, 0.05) is 23.0 Å². The molecule has 2 aromatic carbocycles. The number of hydrogen-bond donors (Lipinski definition) is 0. The van der Waals surface area contributed by atoms with E-state index in [1.807, 2.05) is 66.9 Å². The van der Waals surface area contributed by atoms with E-state index >= 15 is 0 Å². The Bertz CT molecular complexity index is 1230. The molecule has 0 bridgehead atoms. The highest BCUT2D eigenvalue weighted by Crippen LogP contribution is 2.32. The third-order valence-corrected chi connectivity index (χ3v) is 7.80. The minimum Gasteiger partial charge on any atom is -0.484 e. The van der Waals surface area contributed by atoms with E-state index < -0.39 is 9.84 Å². The molecule has 1 fully saturated rings. The smallest absolute Gasteiger partial charge is 0.202 e. The van der Waals surface area contributed by atoms with Crippen LogP contribution in [0.2, 0.25) is 5.02 Å². The van der Waals surface area contributed by atoms with Crippen molar-refractivity contribution < 1.29 is 17.9 Å². The van der Waals surface area contributed by atoms with E-state index in [1.165, 1.54) is 0 Å². The van der Waals surface area contributed by atoms with Gasteiger partial charge in [-0.3, -0.25) is 4.79 Å². The second-order valence-corrected chi connectivity index (χ2v) is 10.6. The van der Waals surface area contributed by atoms with Crippen LogP contribution in [-0.4, -0.2) is 36.9 Å². The Morgan fingerprint density at radius 1 is 1.10 bits per heavy atom. The molecule has 1 aromatic heterocycles. The van der Waals surface area contributed by atoms with Crippen LogP contribution in [0.3, 0.4) is 0 Å². The molecule has 0 saturated carbocycles.